The summed E-state index contributed by atoms with van der Waals surface area (Å²) in [7, 11) is -3.08. The zero-order chi connectivity index (χ0) is 28.8. The monoisotopic (exact) mass is 578 g/mol. The molecule has 1 atom stereocenters. The molecule has 9 nitrogen and oxygen atoms in total. The Kier molecular flexibility index (Phi) is 7.30. The van der Waals surface area contributed by atoms with Gasteiger partial charge >= 0.3 is 0 Å². The number of hydrogen-bond donors (Lipinski definition) is 2. The molecular formula is C26H27F4N6O3P. The first-order chi connectivity index (χ1) is 19.0. The predicted molar refractivity (Wildman–Crippen MR) is 142 cm³/mol. The van der Waals surface area contributed by atoms with E-state index in [0.29, 0.717) is 27.8 Å². The van der Waals surface area contributed by atoms with Crippen LogP contribution in [0, 0.1) is 12.7 Å². The van der Waals surface area contributed by atoms with E-state index in [4.69, 9.17) is 5.11 Å². The van der Waals surface area contributed by atoms with Gasteiger partial charge in [-0.2, -0.15) is 8.78 Å². The summed E-state index contributed by atoms with van der Waals surface area (Å²) in [6.45, 7) is 0.884. The second-order valence-corrected chi connectivity index (χ2v) is 13.0. The molecule has 0 saturated carbocycles. The number of imidazole rings is 1. The average molecular weight is 579 g/mol. The summed E-state index contributed by atoms with van der Waals surface area (Å²) in [5, 5.41) is 13.0. The third kappa shape index (κ3) is 4.81. The van der Waals surface area contributed by atoms with Crippen LogP contribution < -0.4 is 10.6 Å². The molecule has 40 heavy (non-hydrogen) atoms. The summed E-state index contributed by atoms with van der Waals surface area (Å²) in [5.41, 5.74) is -0.0971. The number of carbonyl (C=O) groups excluding carboxylic acids is 1. The number of aryl methyl sites for hydroxylation is 1. The molecule has 1 aliphatic heterocycles. The van der Waals surface area contributed by atoms with E-state index in [0.717, 1.165) is 6.07 Å². The highest BCUT2D eigenvalue weighted by molar-refractivity contribution is 7.72. The Hall–Kier alpha value is -3.57. The quantitative estimate of drug-likeness (QED) is 0.254. The molecule has 3 aromatic heterocycles. The van der Waals surface area contributed by atoms with Crippen LogP contribution in [0.1, 0.15) is 29.9 Å². The standard InChI is InChI=1S/C26H27F4N6O3P/c1-15(17-4-3-5-19(22(17)28)26(29,30)14-37)32-23-18-12-20(40(39)10-8-35(9-11-40)21(38)13-27)25-31-6-7-36(25)24(18)34-16(2)33-23/h3-7,12,15,37H,8-11,13-14H2,1-2H3,(H,32,33,34)/t15-/m1/s1. The van der Waals surface area contributed by atoms with Crippen LogP contribution in [0.15, 0.2) is 36.7 Å². The van der Waals surface area contributed by atoms with Crippen LogP contribution in [0.25, 0.3) is 16.7 Å². The molecule has 0 aliphatic carbocycles. The Morgan fingerprint density at radius 1 is 1.23 bits per heavy atom. The van der Waals surface area contributed by atoms with Crippen molar-refractivity contribution in [2.24, 2.45) is 0 Å². The lowest BCUT2D eigenvalue weighted by Crippen LogP contribution is -2.42. The topological polar surface area (TPSA) is 113 Å². The highest BCUT2D eigenvalue weighted by atomic mass is 31.2. The molecule has 0 unspecified atom stereocenters. The zero-order valence-electron chi connectivity index (χ0n) is 21.7. The number of pyridine rings is 1. The van der Waals surface area contributed by atoms with Gasteiger partial charge in [-0.15, -0.1) is 0 Å². The first-order valence-electron chi connectivity index (χ1n) is 12.6. The lowest BCUT2D eigenvalue weighted by Gasteiger charge is -2.32. The molecule has 4 aromatic rings. The summed E-state index contributed by atoms with van der Waals surface area (Å²) >= 11 is 0. The van der Waals surface area contributed by atoms with Crippen LogP contribution >= 0.6 is 7.14 Å². The van der Waals surface area contributed by atoms with Crippen molar-refractivity contribution in [1.29, 1.82) is 0 Å². The van der Waals surface area contributed by atoms with Gasteiger partial charge in [-0.3, -0.25) is 9.20 Å². The van der Waals surface area contributed by atoms with Crippen molar-refractivity contribution in [3.8, 4) is 0 Å². The fourth-order valence-corrected chi connectivity index (χ4v) is 7.78. The van der Waals surface area contributed by atoms with E-state index in [1.54, 1.807) is 36.7 Å². The van der Waals surface area contributed by atoms with Gasteiger partial charge < -0.3 is 19.9 Å². The maximum absolute atomic E-state index is 15.2. The SMILES string of the molecule is Cc1nc(N[C@H](C)c2cccc(C(F)(F)CO)c2F)c2cc(P3(=O)CCN(C(=O)CF)CC3)c3nccn3c2n1. The van der Waals surface area contributed by atoms with Gasteiger partial charge in [0.15, 0.2) is 12.3 Å². The molecule has 14 heteroatoms. The van der Waals surface area contributed by atoms with Gasteiger partial charge in [0.25, 0.3) is 11.8 Å². The Morgan fingerprint density at radius 2 is 1.95 bits per heavy atom. The molecule has 5 rings (SSSR count). The number of nitrogens with zero attached hydrogens (tertiary/aromatic N) is 5. The zero-order valence-corrected chi connectivity index (χ0v) is 22.6. The summed E-state index contributed by atoms with van der Waals surface area (Å²) in [6.07, 6.45) is 3.50. The summed E-state index contributed by atoms with van der Waals surface area (Å²) in [6, 6.07) is 4.42. The molecule has 0 spiro atoms. The van der Waals surface area contributed by atoms with Crippen molar-refractivity contribution in [3.05, 3.63) is 59.4 Å². The van der Waals surface area contributed by atoms with Crippen molar-refractivity contribution >= 4 is 40.9 Å². The summed E-state index contributed by atoms with van der Waals surface area (Å²) in [4.78, 5) is 26.6. The number of fused-ring (bicyclic) bond motifs is 3. The number of nitrogens with one attached hydrogen (secondary N) is 1. The van der Waals surface area contributed by atoms with Crippen molar-refractivity contribution in [2.75, 3.05) is 44.0 Å². The normalized spacial score (nSPS) is 16.4. The van der Waals surface area contributed by atoms with Gasteiger partial charge in [-0.25, -0.2) is 23.7 Å². The number of benzene rings is 1. The molecule has 212 valence electrons. The predicted octanol–water partition coefficient (Wildman–Crippen LogP) is 3.78. The number of amides is 1. The third-order valence-electron chi connectivity index (χ3n) is 7.23. The smallest absolute Gasteiger partial charge is 0.298 e. The summed E-state index contributed by atoms with van der Waals surface area (Å²) < 4.78 is 72.2. The fraction of sp³-hybridized carbons (Fsp3) is 0.385. The van der Waals surface area contributed by atoms with Gasteiger partial charge in [0.1, 0.15) is 36.9 Å². The van der Waals surface area contributed by atoms with Crippen molar-refractivity contribution in [1.82, 2.24) is 24.3 Å². The van der Waals surface area contributed by atoms with Crippen molar-refractivity contribution in [3.63, 3.8) is 0 Å². The van der Waals surface area contributed by atoms with E-state index >= 15 is 4.39 Å². The third-order valence-corrected chi connectivity index (χ3v) is 10.3. The Balaban J connectivity index is 1.58. The number of aromatic nitrogens is 4. The molecule has 1 fully saturated rings. The van der Waals surface area contributed by atoms with Crippen LogP contribution in [0.5, 0.6) is 0 Å². The summed E-state index contributed by atoms with van der Waals surface area (Å²) in [5.74, 6) is -4.91. The second kappa shape index (κ2) is 10.4. The molecule has 1 aromatic carbocycles. The van der Waals surface area contributed by atoms with E-state index in [9.17, 15) is 22.5 Å². The van der Waals surface area contributed by atoms with E-state index in [-0.39, 0.29) is 36.8 Å². The Morgan fingerprint density at radius 3 is 2.62 bits per heavy atom. The molecule has 0 bridgehead atoms. The molecule has 4 heterocycles. The van der Waals surface area contributed by atoms with Gasteiger partial charge in [0, 0.05) is 43.4 Å². The van der Waals surface area contributed by atoms with Crippen LogP contribution in [-0.4, -0.2) is 74.0 Å². The van der Waals surface area contributed by atoms with Crippen molar-refractivity contribution in [2.45, 2.75) is 25.8 Å². The number of anilines is 1. The highest BCUT2D eigenvalue weighted by Crippen LogP contribution is 2.48. The van der Waals surface area contributed by atoms with E-state index in [1.165, 1.54) is 17.0 Å². The maximum Gasteiger partial charge on any atom is 0.298 e. The highest BCUT2D eigenvalue weighted by Gasteiger charge is 2.36. The molecule has 1 amide bonds. The Bertz CT molecular complexity index is 1650. The van der Waals surface area contributed by atoms with Gasteiger partial charge in [0.05, 0.1) is 22.3 Å². The number of alkyl halides is 3. The number of hydrogen-bond acceptors (Lipinski definition) is 7. The Labute approximate surface area is 226 Å². The van der Waals surface area contributed by atoms with Crippen LogP contribution in [0.3, 0.4) is 0 Å². The molecule has 1 saturated heterocycles. The van der Waals surface area contributed by atoms with Crippen molar-refractivity contribution < 1.29 is 32.0 Å². The fourth-order valence-electron chi connectivity index (χ4n) is 5.06. The molecule has 2 N–H and O–H groups in total. The van der Waals surface area contributed by atoms with Gasteiger partial charge in [0.2, 0.25) is 0 Å². The van der Waals surface area contributed by atoms with Crippen LogP contribution in [0.2, 0.25) is 0 Å². The number of rotatable bonds is 7. The van der Waals surface area contributed by atoms with E-state index in [2.05, 4.69) is 20.3 Å². The molecular weight excluding hydrogens is 551 g/mol. The minimum Gasteiger partial charge on any atom is -0.390 e. The lowest BCUT2D eigenvalue weighted by atomic mass is 10.0. The van der Waals surface area contributed by atoms with Gasteiger partial charge in [-0.1, -0.05) is 12.1 Å². The second-order valence-electron chi connectivity index (χ2n) is 9.80. The molecule has 1 aliphatic rings. The van der Waals surface area contributed by atoms with E-state index < -0.39 is 49.7 Å². The molecule has 0 radical (unpaired) electrons. The number of aliphatic hydroxyl groups is 1. The minimum atomic E-state index is -3.75. The first-order valence-corrected chi connectivity index (χ1v) is 14.7. The van der Waals surface area contributed by atoms with Gasteiger partial charge in [-0.05, 0) is 26.0 Å². The number of aliphatic hydroxyl groups excluding tert-OH is 1. The number of carbonyl (C=O) groups is 1. The minimum absolute atomic E-state index is 0.0586. The van der Waals surface area contributed by atoms with Crippen LogP contribution in [0.4, 0.5) is 23.4 Å². The van der Waals surface area contributed by atoms with E-state index in [1.807, 2.05) is 0 Å². The largest absolute Gasteiger partial charge is 0.390 e. The maximum atomic E-state index is 15.2. The first kappa shape index (κ1) is 28.0. The van der Waals surface area contributed by atoms with Crippen LogP contribution in [-0.2, 0) is 15.3 Å². The average Bonchev–Trinajstić information content (AvgIpc) is 3.43. The lowest BCUT2D eigenvalue weighted by molar-refractivity contribution is -0.131. The number of halogens is 4.